The molecule has 4 nitrogen and oxygen atoms in total. The zero-order chi connectivity index (χ0) is 18.1. The molecular weight excluding hydrogens is 346 g/mol. The zero-order valence-electron chi connectivity index (χ0n) is 14.4. The summed E-state index contributed by atoms with van der Waals surface area (Å²) in [6.07, 6.45) is 2.00. The lowest BCUT2D eigenvalue weighted by Gasteiger charge is -2.06. The number of nitrogens with zero attached hydrogens (tertiary/aromatic N) is 1. The first-order valence-electron chi connectivity index (χ1n) is 8.57. The number of aliphatic carboxylic acids is 1. The predicted octanol–water partition coefficient (Wildman–Crippen LogP) is 4.93. The van der Waals surface area contributed by atoms with E-state index in [1.165, 1.54) is 15.6 Å². The van der Waals surface area contributed by atoms with Crippen LogP contribution in [0.25, 0.3) is 21.0 Å². The molecule has 0 amide bonds. The average molecular weight is 365 g/mol. The number of benzene rings is 2. The second kappa shape index (κ2) is 6.84. The number of ether oxygens (including phenoxy) is 1. The highest BCUT2D eigenvalue weighted by Crippen LogP contribution is 2.31. The van der Waals surface area contributed by atoms with Gasteiger partial charge < -0.3 is 14.4 Å². The van der Waals surface area contributed by atoms with Crippen molar-refractivity contribution in [3.63, 3.8) is 0 Å². The lowest BCUT2D eigenvalue weighted by Crippen LogP contribution is -2.00. The van der Waals surface area contributed by atoms with Gasteiger partial charge in [0.15, 0.2) is 0 Å². The van der Waals surface area contributed by atoms with Crippen molar-refractivity contribution in [2.45, 2.75) is 19.9 Å². The maximum absolute atomic E-state index is 11.2. The van der Waals surface area contributed by atoms with Crippen LogP contribution in [0.2, 0.25) is 0 Å². The highest BCUT2D eigenvalue weighted by molar-refractivity contribution is 7.17. The Balaban J connectivity index is 1.76. The lowest BCUT2D eigenvalue weighted by molar-refractivity contribution is -0.136. The van der Waals surface area contributed by atoms with Gasteiger partial charge in [0.05, 0.1) is 13.0 Å². The number of para-hydroxylation sites is 1. The first kappa shape index (κ1) is 16.7. The maximum Gasteiger partial charge on any atom is 0.307 e. The molecule has 0 bridgehead atoms. The highest BCUT2D eigenvalue weighted by atomic mass is 32.1. The first-order valence-corrected chi connectivity index (χ1v) is 9.45. The van der Waals surface area contributed by atoms with Crippen molar-refractivity contribution in [1.29, 1.82) is 0 Å². The second-order valence-corrected chi connectivity index (χ2v) is 7.13. The first-order chi connectivity index (χ1) is 12.7. The summed E-state index contributed by atoms with van der Waals surface area (Å²) in [5, 5.41) is 13.6. The van der Waals surface area contributed by atoms with Crippen molar-refractivity contribution in [2.24, 2.45) is 0 Å². The molecule has 0 spiro atoms. The molecule has 132 valence electrons. The second-order valence-electron chi connectivity index (χ2n) is 6.22. The standard InChI is InChI=1S/C21H19NO3S/c1-2-25-16-7-8-20-18(10-16)15(13-26-20)12-22-11-14(9-21(23)24)17-5-3-4-6-19(17)22/h3-8,10-11,13H,2,9,12H2,1H3,(H,23,24). The minimum Gasteiger partial charge on any atom is -0.494 e. The number of hydrogen-bond donors (Lipinski definition) is 1. The fourth-order valence-electron chi connectivity index (χ4n) is 3.38. The van der Waals surface area contributed by atoms with Crippen LogP contribution in [0.15, 0.2) is 54.0 Å². The van der Waals surface area contributed by atoms with Crippen LogP contribution in [-0.4, -0.2) is 22.2 Å². The van der Waals surface area contributed by atoms with E-state index in [9.17, 15) is 9.90 Å². The quantitative estimate of drug-likeness (QED) is 0.527. The minimum atomic E-state index is -0.810. The van der Waals surface area contributed by atoms with Crippen molar-refractivity contribution in [3.05, 3.63) is 65.2 Å². The molecule has 0 saturated heterocycles. The topological polar surface area (TPSA) is 51.5 Å². The summed E-state index contributed by atoms with van der Waals surface area (Å²) in [7, 11) is 0. The number of carboxylic acid groups (broad SMARTS) is 1. The van der Waals surface area contributed by atoms with Crippen LogP contribution in [0.3, 0.4) is 0 Å². The third kappa shape index (κ3) is 3.06. The van der Waals surface area contributed by atoms with E-state index in [0.29, 0.717) is 13.2 Å². The Morgan fingerprint density at radius 2 is 2.00 bits per heavy atom. The largest absolute Gasteiger partial charge is 0.494 e. The molecule has 0 saturated carbocycles. The summed E-state index contributed by atoms with van der Waals surface area (Å²) >= 11 is 1.72. The molecule has 2 heterocycles. The molecule has 0 aliphatic heterocycles. The van der Waals surface area contributed by atoms with Crippen molar-refractivity contribution >= 4 is 38.3 Å². The number of hydrogen-bond acceptors (Lipinski definition) is 3. The normalized spacial score (nSPS) is 11.3. The number of carbonyl (C=O) groups is 1. The fraction of sp³-hybridized carbons (Fsp3) is 0.190. The number of carboxylic acids is 1. The van der Waals surface area contributed by atoms with Gasteiger partial charge in [-0.1, -0.05) is 18.2 Å². The van der Waals surface area contributed by atoms with Gasteiger partial charge in [0.1, 0.15) is 5.75 Å². The van der Waals surface area contributed by atoms with E-state index in [4.69, 9.17) is 4.74 Å². The summed E-state index contributed by atoms with van der Waals surface area (Å²) in [5.74, 6) is 0.0684. The molecule has 0 unspecified atom stereocenters. The summed E-state index contributed by atoms with van der Waals surface area (Å²) in [6, 6.07) is 14.2. The molecule has 2 aromatic carbocycles. The molecule has 0 aliphatic rings. The van der Waals surface area contributed by atoms with Gasteiger partial charge in [0, 0.05) is 33.7 Å². The van der Waals surface area contributed by atoms with Crippen LogP contribution in [0.5, 0.6) is 5.75 Å². The molecule has 2 aromatic heterocycles. The van der Waals surface area contributed by atoms with E-state index in [1.54, 1.807) is 11.3 Å². The Kier molecular flexibility index (Phi) is 4.39. The monoisotopic (exact) mass is 365 g/mol. The highest BCUT2D eigenvalue weighted by Gasteiger charge is 2.13. The molecule has 0 radical (unpaired) electrons. The summed E-state index contributed by atoms with van der Waals surface area (Å²) in [5.41, 5.74) is 3.13. The Hall–Kier alpha value is -2.79. The van der Waals surface area contributed by atoms with E-state index < -0.39 is 5.97 Å². The van der Waals surface area contributed by atoms with Gasteiger partial charge in [-0.15, -0.1) is 11.3 Å². The van der Waals surface area contributed by atoms with Gasteiger partial charge in [-0.3, -0.25) is 4.79 Å². The van der Waals surface area contributed by atoms with E-state index in [-0.39, 0.29) is 6.42 Å². The van der Waals surface area contributed by atoms with Gasteiger partial charge in [0.2, 0.25) is 0 Å². The Bertz CT molecular complexity index is 1090. The number of fused-ring (bicyclic) bond motifs is 2. The Labute approximate surface area is 155 Å². The van der Waals surface area contributed by atoms with Gasteiger partial charge >= 0.3 is 5.97 Å². The SMILES string of the molecule is CCOc1ccc2scc(Cn3cc(CC(=O)O)c4ccccc43)c2c1. The molecule has 4 aromatic rings. The van der Waals surface area contributed by atoms with Crippen molar-refractivity contribution in [2.75, 3.05) is 6.61 Å². The zero-order valence-corrected chi connectivity index (χ0v) is 15.3. The Morgan fingerprint density at radius 1 is 1.15 bits per heavy atom. The minimum absolute atomic E-state index is 0.0341. The molecular formula is C21H19NO3S. The molecule has 0 atom stereocenters. The number of rotatable bonds is 6. The van der Waals surface area contributed by atoms with Gasteiger partial charge in [-0.25, -0.2) is 0 Å². The molecule has 0 aliphatic carbocycles. The molecule has 1 N–H and O–H groups in total. The third-order valence-electron chi connectivity index (χ3n) is 4.49. The van der Waals surface area contributed by atoms with Crippen LogP contribution in [0, 0.1) is 0 Å². The summed E-state index contributed by atoms with van der Waals surface area (Å²) < 4.78 is 9.01. The Morgan fingerprint density at radius 3 is 2.81 bits per heavy atom. The summed E-state index contributed by atoms with van der Waals surface area (Å²) in [4.78, 5) is 11.2. The third-order valence-corrected chi connectivity index (χ3v) is 5.50. The van der Waals surface area contributed by atoms with Crippen molar-refractivity contribution in [1.82, 2.24) is 4.57 Å². The maximum atomic E-state index is 11.2. The van der Waals surface area contributed by atoms with Crippen LogP contribution in [0.1, 0.15) is 18.1 Å². The number of thiophene rings is 1. The van der Waals surface area contributed by atoms with Crippen molar-refractivity contribution < 1.29 is 14.6 Å². The van der Waals surface area contributed by atoms with E-state index in [2.05, 4.69) is 22.1 Å². The molecule has 26 heavy (non-hydrogen) atoms. The average Bonchev–Trinajstić information content (AvgIpc) is 3.18. The van der Waals surface area contributed by atoms with Gasteiger partial charge in [0.25, 0.3) is 0 Å². The van der Waals surface area contributed by atoms with Gasteiger partial charge in [-0.05, 0) is 47.7 Å². The number of aromatic nitrogens is 1. The lowest BCUT2D eigenvalue weighted by atomic mass is 10.1. The van der Waals surface area contributed by atoms with Gasteiger partial charge in [-0.2, -0.15) is 0 Å². The summed E-state index contributed by atoms with van der Waals surface area (Å²) in [6.45, 7) is 3.33. The molecule has 4 rings (SSSR count). The molecule has 0 fully saturated rings. The smallest absolute Gasteiger partial charge is 0.307 e. The van der Waals surface area contributed by atoms with Crippen LogP contribution >= 0.6 is 11.3 Å². The van der Waals surface area contributed by atoms with E-state index >= 15 is 0 Å². The van der Waals surface area contributed by atoms with Crippen LogP contribution < -0.4 is 4.74 Å². The fourth-order valence-corrected chi connectivity index (χ4v) is 4.32. The van der Waals surface area contributed by atoms with Crippen LogP contribution in [-0.2, 0) is 17.8 Å². The predicted molar refractivity (Wildman–Crippen MR) is 105 cm³/mol. The van der Waals surface area contributed by atoms with Crippen LogP contribution in [0.4, 0.5) is 0 Å². The van der Waals surface area contributed by atoms with E-state index in [0.717, 1.165) is 22.2 Å². The van der Waals surface area contributed by atoms with E-state index in [1.807, 2.05) is 43.5 Å². The molecule has 5 heteroatoms. The van der Waals surface area contributed by atoms with Crippen molar-refractivity contribution in [3.8, 4) is 5.75 Å².